The van der Waals surface area contributed by atoms with E-state index in [1.54, 1.807) is 0 Å². The smallest absolute Gasteiger partial charge is 0.305 e. The van der Waals surface area contributed by atoms with Gasteiger partial charge in [-0.1, -0.05) is 0 Å². The van der Waals surface area contributed by atoms with Crippen molar-refractivity contribution in [1.29, 1.82) is 0 Å². The molecule has 0 bridgehead atoms. The van der Waals surface area contributed by atoms with E-state index in [0.29, 0.717) is 0 Å². The number of carbonyl (C=O) groups excluding carboxylic acids is 5. The van der Waals surface area contributed by atoms with Crippen LogP contribution < -0.4 is 0 Å². The molecule has 2 unspecified atom stereocenters. The third-order valence-corrected chi connectivity index (χ3v) is 3.23. The highest BCUT2D eigenvalue weighted by molar-refractivity contribution is 5.69. The predicted molar refractivity (Wildman–Crippen MR) is 83.7 cm³/mol. The van der Waals surface area contributed by atoms with Crippen molar-refractivity contribution in [2.75, 3.05) is 6.61 Å². The molecule has 1 heterocycles. The van der Waals surface area contributed by atoms with Crippen molar-refractivity contribution in [2.45, 2.75) is 65.3 Å². The van der Waals surface area contributed by atoms with Crippen LogP contribution in [0.25, 0.3) is 0 Å². The number of hydrogen-bond donors (Lipinski definition) is 0. The van der Waals surface area contributed by atoms with Gasteiger partial charge in [0.15, 0.2) is 12.2 Å². The Kier molecular flexibility index (Phi) is 8.16. The standard InChI is InChI=1S/C16H22O11/c1-7(17)22-6-12-13(23-8(2)18)14(24-9(3)19)15(25-10(4)20)16(27-12)26-11(5)21/h12-16H,6H2,1-5H3/t12?,13-,14+,15?,16+/m1/s1. The lowest BCUT2D eigenvalue weighted by Gasteiger charge is -2.43. The van der Waals surface area contributed by atoms with Gasteiger partial charge in [-0.3, -0.25) is 24.0 Å². The van der Waals surface area contributed by atoms with Crippen LogP contribution in [-0.4, -0.2) is 67.2 Å². The molecule has 0 saturated carbocycles. The molecule has 152 valence electrons. The molecule has 1 saturated heterocycles. The van der Waals surface area contributed by atoms with Crippen LogP contribution in [0, 0.1) is 0 Å². The Labute approximate surface area is 155 Å². The largest absolute Gasteiger partial charge is 0.463 e. The van der Waals surface area contributed by atoms with Gasteiger partial charge < -0.3 is 28.4 Å². The van der Waals surface area contributed by atoms with E-state index in [9.17, 15) is 24.0 Å². The van der Waals surface area contributed by atoms with E-state index in [2.05, 4.69) is 0 Å². The van der Waals surface area contributed by atoms with Gasteiger partial charge >= 0.3 is 29.8 Å². The van der Waals surface area contributed by atoms with Crippen molar-refractivity contribution in [3.05, 3.63) is 0 Å². The minimum atomic E-state index is -1.48. The molecule has 0 aromatic heterocycles. The molecule has 0 aromatic carbocycles. The van der Waals surface area contributed by atoms with E-state index >= 15 is 0 Å². The summed E-state index contributed by atoms with van der Waals surface area (Å²) in [4.78, 5) is 57.0. The van der Waals surface area contributed by atoms with E-state index in [1.807, 2.05) is 0 Å². The van der Waals surface area contributed by atoms with Gasteiger partial charge in [-0.05, 0) is 0 Å². The van der Waals surface area contributed by atoms with Crippen LogP contribution in [0.5, 0.6) is 0 Å². The molecule has 1 rings (SSSR count). The first-order chi connectivity index (χ1) is 12.5. The molecule has 11 nitrogen and oxygen atoms in total. The average Bonchev–Trinajstić information content (AvgIpc) is 2.49. The summed E-state index contributed by atoms with van der Waals surface area (Å²) in [6.45, 7) is 5.13. The summed E-state index contributed by atoms with van der Waals surface area (Å²) < 4.78 is 30.8. The summed E-state index contributed by atoms with van der Waals surface area (Å²) in [5, 5.41) is 0. The van der Waals surface area contributed by atoms with E-state index < -0.39 is 67.2 Å². The zero-order valence-corrected chi connectivity index (χ0v) is 15.6. The summed E-state index contributed by atoms with van der Waals surface area (Å²) in [5.41, 5.74) is 0. The SMILES string of the molecule is CC(=O)OCC1O[C@H](OC(C)=O)C(OC(C)=O)[C@@H](OC(C)=O)[C@@H]1OC(C)=O. The van der Waals surface area contributed by atoms with E-state index in [1.165, 1.54) is 0 Å². The molecule has 0 aromatic rings. The molecule has 1 fully saturated rings. The summed E-state index contributed by atoms with van der Waals surface area (Å²) in [5.74, 6) is -3.71. The third-order valence-electron chi connectivity index (χ3n) is 3.23. The van der Waals surface area contributed by atoms with Crippen LogP contribution in [0.15, 0.2) is 0 Å². The fourth-order valence-electron chi connectivity index (χ4n) is 2.45. The van der Waals surface area contributed by atoms with Crippen LogP contribution in [0.2, 0.25) is 0 Å². The monoisotopic (exact) mass is 390 g/mol. The Morgan fingerprint density at radius 2 is 1.07 bits per heavy atom. The minimum Gasteiger partial charge on any atom is -0.463 e. The minimum absolute atomic E-state index is 0.393. The fourth-order valence-corrected chi connectivity index (χ4v) is 2.45. The normalized spacial score (nSPS) is 27.1. The molecule has 1 aliphatic heterocycles. The summed E-state index contributed by atoms with van der Waals surface area (Å²) in [7, 11) is 0. The molecule has 0 spiro atoms. The van der Waals surface area contributed by atoms with Crippen molar-refractivity contribution in [3.63, 3.8) is 0 Å². The Bertz CT molecular complexity index is 599. The highest BCUT2D eigenvalue weighted by atomic mass is 16.7. The molecule has 0 N–H and O–H groups in total. The van der Waals surface area contributed by atoms with Crippen LogP contribution >= 0.6 is 0 Å². The molecule has 0 aliphatic carbocycles. The highest BCUT2D eigenvalue weighted by Gasteiger charge is 2.53. The number of rotatable bonds is 6. The van der Waals surface area contributed by atoms with Gasteiger partial charge in [-0.15, -0.1) is 0 Å². The number of ether oxygens (including phenoxy) is 6. The van der Waals surface area contributed by atoms with Crippen molar-refractivity contribution in [3.8, 4) is 0 Å². The molecule has 5 atom stereocenters. The lowest BCUT2D eigenvalue weighted by atomic mass is 9.98. The van der Waals surface area contributed by atoms with Gasteiger partial charge in [0.05, 0.1) is 0 Å². The number of carbonyl (C=O) groups is 5. The van der Waals surface area contributed by atoms with Gasteiger partial charge in [0.25, 0.3) is 0 Å². The molecular formula is C16H22O11. The van der Waals surface area contributed by atoms with Gasteiger partial charge in [0.2, 0.25) is 12.4 Å². The van der Waals surface area contributed by atoms with Gasteiger partial charge in [-0.25, -0.2) is 0 Å². The van der Waals surface area contributed by atoms with Gasteiger partial charge in [0, 0.05) is 34.6 Å². The van der Waals surface area contributed by atoms with Crippen molar-refractivity contribution < 1.29 is 52.4 Å². The molecular weight excluding hydrogens is 368 g/mol. The van der Waals surface area contributed by atoms with Gasteiger partial charge in [0.1, 0.15) is 12.7 Å². The zero-order chi connectivity index (χ0) is 20.7. The predicted octanol–water partition coefficient (Wildman–Crippen LogP) is -0.367. The molecule has 0 amide bonds. The Morgan fingerprint density at radius 1 is 0.630 bits per heavy atom. The van der Waals surface area contributed by atoms with Crippen LogP contribution in [0.1, 0.15) is 34.6 Å². The van der Waals surface area contributed by atoms with Crippen molar-refractivity contribution in [2.24, 2.45) is 0 Å². The quantitative estimate of drug-likeness (QED) is 0.433. The highest BCUT2D eigenvalue weighted by Crippen LogP contribution is 2.29. The van der Waals surface area contributed by atoms with Crippen LogP contribution in [-0.2, 0) is 52.4 Å². The van der Waals surface area contributed by atoms with Crippen molar-refractivity contribution >= 4 is 29.8 Å². The maximum atomic E-state index is 11.5. The molecule has 11 heteroatoms. The number of esters is 5. The van der Waals surface area contributed by atoms with E-state index in [4.69, 9.17) is 28.4 Å². The first kappa shape index (κ1) is 22.4. The first-order valence-corrected chi connectivity index (χ1v) is 7.99. The maximum absolute atomic E-state index is 11.5. The second-order valence-corrected chi connectivity index (χ2v) is 5.68. The molecule has 27 heavy (non-hydrogen) atoms. The van der Waals surface area contributed by atoms with E-state index in [-0.39, 0.29) is 0 Å². The van der Waals surface area contributed by atoms with E-state index in [0.717, 1.165) is 34.6 Å². The summed E-state index contributed by atoms with van der Waals surface area (Å²) >= 11 is 0. The second kappa shape index (κ2) is 9.86. The third kappa shape index (κ3) is 7.21. The molecule has 1 aliphatic rings. The summed E-state index contributed by atoms with van der Waals surface area (Å²) in [6, 6.07) is 0. The number of hydrogen-bond acceptors (Lipinski definition) is 11. The van der Waals surface area contributed by atoms with Gasteiger partial charge in [-0.2, -0.15) is 0 Å². The summed E-state index contributed by atoms with van der Waals surface area (Å²) in [6.07, 6.45) is -6.70. The van der Waals surface area contributed by atoms with Crippen LogP contribution in [0.4, 0.5) is 0 Å². The second-order valence-electron chi connectivity index (χ2n) is 5.68. The Hall–Kier alpha value is -2.69. The van der Waals surface area contributed by atoms with Crippen molar-refractivity contribution in [1.82, 2.24) is 0 Å². The molecule has 0 radical (unpaired) electrons. The lowest BCUT2D eigenvalue weighted by Crippen LogP contribution is -2.63. The Morgan fingerprint density at radius 3 is 1.52 bits per heavy atom. The fraction of sp³-hybridized carbons (Fsp3) is 0.688. The first-order valence-electron chi connectivity index (χ1n) is 7.99. The topological polar surface area (TPSA) is 141 Å². The zero-order valence-electron chi connectivity index (χ0n) is 15.6. The average molecular weight is 390 g/mol. The van der Waals surface area contributed by atoms with Crippen LogP contribution in [0.3, 0.4) is 0 Å². The lowest BCUT2D eigenvalue weighted by molar-refractivity contribution is -0.300. The Balaban J connectivity index is 3.29. The maximum Gasteiger partial charge on any atom is 0.305 e.